The van der Waals surface area contributed by atoms with Crippen molar-refractivity contribution in [2.75, 3.05) is 14.1 Å². The Morgan fingerprint density at radius 3 is 2.50 bits per heavy atom. The van der Waals surface area contributed by atoms with E-state index in [4.69, 9.17) is 28.9 Å². The number of alkyl halides is 2. The van der Waals surface area contributed by atoms with Crippen LogP contribution in [0.4, 0.5) is 8.78 Å². The molecule has 0 aliphatic rings. The fourth-order valence-electron chi connectivity index (χ4n) is 1.26. The van der Waals surface area contributed by atoms with Crippen molar-refractivity contribution >= 4 is 53.1 Å². The van der Waals surface area contributed by atoms with E-state index in [1.54, 1.807) is 19.0 Å². The van der Waals surface area contributed by atoms with Gasteiger partial charge in [0, 0.05) is 24.7 Å². The standard InChI is InChI=1S/C11H13Cl2F2N3O.HI/c1-18(2)11(16)17-5-6-3-7(12)4-8(13)9(6)19-10(14)15;/h3-4,10H,5H2,1-2H3,(H2,16,17);1H. The minimum atomic E-state index is -2.98. The van der Waals surface area contributed by atoms with Crippen LogP contribution in [0.3, 0.4) is 0 Å². The quantitative estimate of drug-likeness (QED) is 0.443. The Hall–Kier alpha value is -0.540. The normalized spacial score (nSPS) is 11.2. The summed E-state index contributed by atoms with van der Waals surface area (Å²) in [5, 5.41) is 0.307. The Kier molecular flexibility index (Phi) is 8.45. The second kappa shape index (κ2) is 8.68. The number of ether oxygens (including phenoxy) is 1. The second-order valence-electron chi connectivity index (χ2n) is 3.82. The molecule has 0 spiro atoms. The molecule has 0 radical (unpaired) electrons. The van der Waals surface area contributed by atoms with Crippen molar-refractivity contribution in [1.82, 2.24) is 4.90 Å². The average molecular weight is 440 g/mol. The number of nitrogens with zero attached hydrogens (tertiary/aromatic N) is 2. The van der Waals surface area contributed by atoms with Crippen LogP contribution >= 0.6 is 47.2 Å². The van der Waals surface area contributed by atoms with Crippen LogP contribution in [-0.2, 0) is 6.54 Å². The van der Waals surface area contributed by atoms with Gasteiger partial charge >= 0.3 is 6.61 Å². The molecule has 0 fully saturated rings. The molecule has 0 aliphatic carbocycles. The van der Waals surface area contributed by atoms with Crippen LogP contribution in [0.2, 0.25) is 10.0 Å². The highest BCUT2D eigenvalue weighted by molar-refractivity contribution is 14.0. The number of nitrogens with two attached hydrogens (primary N) is 1. The summed E-state index contributed by atoms with van der Waals surface area (Å²) >= 11 is 11.6. The van der Waals surface area contributed by atoms with Crippen LogP contribution in [0.15, 0.2) is 17.1 Å². The summed E-state index contributed by atoms with van der Waals surface area (Å²) in [6, 6.07) is 2.78. The third-order valence-corrected chi connectivity index (χ3v) is 2.66. The van der Waals surface area contributed by atoms with Gasteiger partial charge in [0.2, 0.25) is 0 Å². The van der Waals surface area contributed by atoms with Crippen molar-refractivity contribution in [2.24, 2.45) is 10.7 Å². The molecule has 0 saturated carbocycles. The summed E-state index contributed by atoms with van der Waals surface area (Å²) < 4.78 is 29.0. The molecule has 1 rings (SSSR count). The van der Waals surface area contributed by atoms with E-state index in [0.717, 1.165) is 0 Å². The Balaban J connectivity index is 0.00000361. The van der Waals surface area contributed by atoms with Gasteiger partial charge in [0.1, 0.15) is 5.75 Å². The Bertz CT molecular complexity index is 487. The second-order valence-corrected chi connectivity index (χ2v) is 4.67. The van der Waals surface area contributed by atoms with Gasteiger partial charge < -0.3 is 15.4 Å². The largest absolute Gasteiger partial charge is 0.433 e. The van der Waals surface area contributed by atoms with E-state index in [1.165, 1.54) is 12.1 Å². The lowest BCUT2D eigenvalue weighted by molar-refractivity contribution is -0.0503. The minimum absolute atomic E-state index is 0. The van der Waals surface area contributed by atoms with Crippen LogP contribution in [0.1, 0.15) is 5.56 Å². The molecule has 1 aromatic carbocycles. The topological polar surface area (TPSA) is 50.8 Å². The van der Waals surface area contributed by atoms with Gasteiger partial charge in [-0.15, -0.1) is 24.0 Å². The number of guanidine groups is 1. The zero-order valence-electron chi connectivity index (χ0n) is 10.7. The average Bonchev–Trinajstić information content (AvgIpc) is 2.29. The van der Waals surface area contributed by atoms with Gasteiger partial charge in [0.15, 0.2) is 5.96 Å². The van der Waals surface area contributed by atoms with Crippen molar-refractivity contribution < 1.29 is 13.5 Å². The smallest absolute Gasteiger partial charge is 0.387 e. The van der Waals surface area contributed by atoms with Gasteiger partial charge in [-0.2, -0.15) is 8.78 Å². The van der Waals surface area contributed by atoms with Crippen molar-refractivity contribution in [1.29, 1.82) is 0 Å². The summed E-state index contributed by atoms with van der Waals surface area (Å²) in [5.41, 5.74) is 5.95. The first-order valence-corrected chi connectivity index (χ1v) is 5.96. The van der Waals surface area contributed by atoms with E-state index in [0.29, 0.717) is 10.6 Å². The van der Waals surface area contributed by atoms with Gasteiger partial charge in [0.25, 0.3) is 0 Å². The molecular weight excluding hydrogens is 426 g/mol. The van der Waals surface area contributed by atoms with E-state index in [2.05, 4.69) is 9.73 Å². The minimum Gasteiger partial charge on any atom is -0.433 e. The van der Waals surface area contributed by atoms with E-state index < -0.39 is 6.61 Å². The molecule has 0 saturated heterocycles. The first kappa shape index (κ1) is 19.5. The molecule has 0 bridgehead atoms. The molecule has 0 atom stereocenters. The lowest BCUT2D eigenvalue weighted by Crippen LogP contribution is -2.30. The summed E-state index contributed by atoms with van der Waals surface area (Å²) in [5.74, 6) is 0.107. The molecule has 0 unspecified atom stereocenters. The number of halogens is 5. The van der Waals surface area contributed by atoms with Crippen molar-refractivity contribution in [3.8, 4) is 5.75 Å². The van der Waals surface area contributed by atoms with E-state index in [-0.39, 0.29) is 47.3 Å². The van der Waals surface area contributed by atoms with E-state index in [1.807, 2.05) is 0 Å². The summed E-state index contributed by atoms with van der Waals surface area (Å²) in [6.07, 6.45) is 0. The highest BCUT2D eigenvalue weighted by atomic mass is 127. The molecule has 9 heteroatoms. The molecule has 4 nitrogen and oxygen atoms in total. The molecule has 0 aromatic heterocycles. The number of rotatable bonds is 4. The van der Waals surface area contributed by atoms with Gasteiger partial charge in [-0.05, 0) is 12.1 Å². The Morgan fingerprint density at radius 1 is 1.40 bits per heavy atom. The lowest BCUT2D eigenvalue weighted by atomic mass is 10.2. The molecule has 2 N–H and O–H groups in total. The molecule has 0 aliphatic heterocycles. The van der Waals surface area contributed by atoms with Crippen molar-refractivity contribution in [2.45, 2.75) is 13.2 Å². The molecule has 1 aromatic rings. The van der Waals surface area contributed by atoms with Crippen molar-refractivity contribution in [3.63, 3.8) is 0 Å². The zero-order valence-corrected chi connectivity index (χ0v) is 14.6. The summed E-state index contributed by atoms with van der Waals surface area (Å²) in [4.78, 5) is 5.61. The van der Waals surface area contributed by atoms with E-state index >= 15 is 0 Å². The summed E-state index contributed by atoms with van der Waals surface area (Å²) in [6.45, 7) is -2.94. The Labute approximate surface area is 142 Å². The number of hydrogen-bond acceptors (Lipinski definition) is 2. The molecular formula is C11H14Cl2F2IN3O. The fraction of sp³-hybridized carbons (Fsp3) is 0.364. The highest BCUT2D eigenvalue weighted by Gasteiger charge is 2.15. The number of aliphatic imine (C=N–C) groups is 1. The zero-order chi connectivity index (χ0) is 14.6. The van der Waals surface area contributed by atoms with Crippen LogP contribution in [0.5, 0.6) is 5.75 Å². The molecule has 0 amide bonds. The van der Waals surface area contributed by atoms with Crippen LogP contribution < -0.4 is 10.5 Å². The predicted molar refractivity (Wildman–Crippen MR) is 87.5 cm³/mol. The van der Waals surface area contributed by atoms with Crippen LogP contribution in [0, 0.1) is 0 Å². The predicted octanol–water partition coefficient (Wildman–Crippen LogP) is 3.59. The number of benzene rings is 1. The Morgan fingerprint density at radius 2 is 2.00 bits per heavy atom. The monoisotopic (exact) mass is 439 g/mol. The SMILES string of the molecule is CN(C)C(N)=NCc1cc(Cl)cc(Cl)c1OC(F)F.I. The maximum absolute atomic E-state index is 12.3. The van der Waals surface area contributed by atoms with Gasteiger partial charge in [-0.3, -0.25) is 0 Å². The molecule has 0 heterocycles. The van der Waals surface area contributed by atoms with Crippen LogP contribution in [0.25, 0.3) is 0 Å². The fourth-order valence-corrected chi connectivity index (χ4v) is 1.84. The molecule has 20 heavy (non-hydrogen) atoms. The molecule has 114 valence electrons. The third kappa shape index (κ3) is 5.84. The van der Waals surface area contributed by atoms with Crippen molar-refractivity contribution in [3.05, 3.63) is 27.7 Å². The number of hydrogen-bond donors (Lipinski definition) is 1. The highest BCUT2D eigenvalue weighted by Crippen LogP contribution is 2.34. The first-order chi connectivity index (χ1) is 8.81. The first-order valence-electron chi connectivity index (χ1n) is 5.21. The van der Waals surface area contributed by atoms with E-state index in [9.17, 15) is 8.78 Å². The lowest BCUT2D eigenvalue weighted by Gasteiger charge is -2.13. The van der Waals surface area contributed by atoms with Crippen LogP contribution in [-0.4, -0.2) is 31.6 Å². The maximum Gasteiger partial charge on any atom is 0.387 e. The van der Waals surface area contributed by atoms with Gasteiger partial charge in [-0.1, -0.05) is 23.2 Å². The third-order valence-electron chi connectivity index (χ3n) is 2.16. The van der Waals surface area contributed by atoms with Gasteiger partial charge in [-0.25, -0.2) is 4.99 Å². The maximum atomic E-state index is 12.3. The summed E-state index contributed by atoms with van der Waals surface area (Å²) in [7, 11) is 3.42. The van der Waals surface area contributed by atoms with Gasteiger partial charge in [0.05, 0.1) is 11.6 Å².